The summed E-state index contributed by atoms with van der Waals surface area (Å²) >= 11 is 0. The molecule has 1 unspecified atom stereocenters. The van der Waals surface area contributed by atoms with Gasteiger partial charge in [-0.15, -0.1) is 0 Å². The van der Waals surface area contributed by atoms with Crippen LogP contribution in [0.5, 0.6) is 5.75 Å². The number of ether oxygens (including phenoxy) is 1. The fourth-order valence-electron chi connectivity index (χ4n) is 4.63. The third-order valence-corrected chi connectivity index (χ3v) is 7.03. The van der Waals surface area contributed by atoms with Crippen LogP contribution >= 0.6 is 0 Å². The van der Waals surface area contributed by atoms with Crippen LogP contribution in [0.1, 0.15) is 19.3 Å². The van der Waals surface area contributed by atoms with E-state index in [0.29, 0.717) is 13.0 Å². The summed E-state index contributed by atoms with van der Waals surface area (Å²) in [4.78, 5) is 21.2. The number of carbonyl (C=O) groups excluding carboxylic acids is 1. The van der Waals surface area contributed by atoms with Crippen molar-refractivity contribution in [2.24, 2.45) is 5.92 Å². The van der Waals surface area contributed by atoms with Crippen molar-refractivity contribution in [1.82, 2.24) is 9.88 Å². The highest BCUT2D eigenvalue weighted by molar-refractivity contribution is 7.90. The molecule has 2 aliphatic heterocycles. The standard InChI is InChI=1S/C21H27N3O4S/c1-28-17-3-4-19-18(12-17)20(5-8-22-19)23-9-6-16(7-10-23)24-13-15(11-21(24)25)14-29(2,26)27/h3-5,8,12,15-16H,6-7,9-11,13-14H2,1-2H3. The molecule has 156 valence electrons. The Hall–Kier alpha value is -2.35. The van der Waals surface area contributed by atoms with Crippen LogP contribution in [0, 0.1) is 5.92 Å². The van der Waals surface area contributed by atoms with Gasteiger partial charge in [0.2, 0.25) is 5.91 Å². The second-order valence-corrected chi connectivity index (χ2v) is 10.3. The van der Waals surface area contributed by atoms with Crippen molar-refractivity contribution in [1.29, 1.82) is 0 Å². The maximum absolute atomic E-state index is 12.5. The second kappa shape index (κ2) is 7.82. The lowest BCUT2D eigenvalue weighted by molar-refractivity contribution is -0.130. The number of pyridine rings is 1. The van der Waals surface area contributed by atoms with E-state index in [2.05, 4.69) is 9.88 Å². The number of nitrogens with zero attached hydrogens (tertiary/aromatic N) is 3. The van der Waals surface area contributed by atoms with Crippen molar-refractivity contribution in [3.8, 4) is 5.75 Å². The van der Waals surface area contributed by atoms with Crippen LogP contribution < -0.4 is 9.64 Å². The number of likely N-dealkylation sites (tertiary alicyclic amines) is 1. The van der Waals surface area contributed by atoms with Crippen LogP contribution in [0.4, 0.5) is 5.69 Å². The molecule has 7 nitrogen and oxygen atoms in total. The van der Waals surface area contributed by atoms with Crippen LogP contribution in [0.25, 0.3) is 10.9 Å². The number of anilines is 1. The predicted octanol–water partition coefficient (Wildman–Crippen LogP) is 2.11. The minimum Gasteiger partial charge on any atom is -0.497 e. The topological polar surface area (TPSA) is 79.8 Å². The Balaban J connectivity index is 1.45. The number of hydrogen-bond donors (Lipinski definition) is 0. The van der Waals surface area contributed by atoms with E-state index in [9.17, 15) is 13.2 Å². The zero-order valence-corrected chi connectivity index (χ0v) is 17.7. The molecule has 0 aliphatic carbocycles. The van der Waals surface area contributed by atoms with Crippen LogP contribution in [0.3, 0.4) is 0 Å². The zero-order chi connectivity index (χ0) is 20.6. The molecule has 1 atom stereocenters. The Kier molecular flexibility index (Phi) is 5.38. The van der Waals surface area contributed by atoms with Gasteiger partial charge in [0.05, 0.1) is 18.4 Å². The van der Waals surface area contributed by atoms with E-state index in [4.69, 9.17) is 4.74 Å². The molecule has 1 amide bonds. The third kappa shape index (κ3) is 4.32. The zero-order valence-electron chi connectivity index (χ0n) is 16.9. The van der Waals surface area contributed by atoms with Crippen molar-refractivity contribution in [3.05, 3.63) is 30.5 Å². The van der Waals surface area contributed by atoms with E-state index < -0.39 is 9.84 Å². The van der Waals surface area contributed by atoms with Gasteiger partial charge >= 0.3 is 0 Å². The van der Waals surface area contributed by atoms with E-state index in [1.54, 1.807) is 7.11 Å². The van der Waals surface area contributed by atoms with Gasteiger partial charge in [-0.3, -0.25) is 9.78 Å². The average Bonchev–Trinajstić information content (AvgIpc) is 3.05. The summed E-state index contributed by atoms with van der Waals surface area (Å²) in [7, 11) is -1.40. The van der Waals surface area contributed by atoms with Crippen molar-refractivity contribution in [2.75, 3.05) is 43.7 Å². The number of aromatic nitrogens is 1. The maximum Gasteiger partial charge on any atom is 0.223 e. The van der Waals surface area contributed by atoms with Gasteiger partial charge in [-0.2, -0.15) is 0 Å². The van der Waals surface area contributed by atoms with E-state index in [1.165, 1.54) is 6.26 Å². The quantitative estimate of drug-likeness (QED) is 0.741. The molecule has 0 spiro atoms. The first-order valence-electron chi connectivity index (χ1n) is 9.99. The van der Waals surface area contributed by atoms with Crippen LogP contribution in [0.15, 0.2) is 30.5 Å². The largest absolute Gasteiger partial charge is 0.497 e. The highest BCUT2D eigenvalue weighted by Gasteiger charge is 2.37. The average molecular weight is 418 g/mol. The smallest absolute Gasteiger partial charge is 0.223 e. The molecule has 3 heterocycles. The molecule has 29 heavy (non-hydrogen) atoms. The van der Waals surface area contributed by atoms with E-state index in [1.807, 2.05) is 35.4 Å². The first-order valence-corrected chi connectivity index (χ1v) is 12.0. The summed E-state index contributed by atoms with van der Waals surface area (Å²) in [6, 6.07) is 8.12. The molecule has 2 aromatic rings. The van der Waals surface area contributed by atoms with Gasteiger partial charge in [-0.1, -0.05) is 0 Å². The fraction of sp³-hybridized carbons (Fsp3) is 0.524. The van der Waals surface area contributed by atoms with Crippen molar-refractivity contribution < 1.29 is 17.9 Å². The van der Waals surface area contributed by atoms with Crippen molar-refractivity contribution >= 4 is 32.3 Å². The van der Waals surface area contributed by atoms with Crippen molar-refractivity contribution in [3.63, 3.8) is 0 Å². The van der Waals surface area contributed by atoms with Gasteiger partial charge in [0.25, 0.3) is 0 Å². The number of sulfone groups is 1. The van der Waals surface area contributed by atoms with Gasteiger partial charge < -0.3 is 14.5 Å². The third-order valence-electron chi connectivity index (χ3n) is 5.95. The summed E-state index contributed by atoms with van der Waals surface area (Å²) in [6.45, 7) is 2.26. The molecule has 1 aromatic heterocycles. The van der Waals surface area contributed by atoms with Gasteiger partial charge in [0.1, 0.15) is 15.6 Å². The molecular weight excluding hydrogens is 390 g/mol. The van der Waals surface area contributed by atoms with Crippen LogP contribution in [0.2, 0.25) is 0 Å². The molecule has 4 rings (SSSR count). The molecule has 0 saturated carbocycles. The lowest BCUT2D eigenvalue weighted by Crippen LogP contribution is -2.45. The lowest BCUT2D eigenvalue weighted by Gasteiger charge is -2.38. The molecule has 2 aliphatic rings. The monoisotopic (exact) mass is 417 g/mol. The minimum absolute atomic E-state index is 0.0767. The molecule has 8 heteroatoms. The van der Waals surface area contributed by atoms with E-state index in [-0.39, 0.29) is 23.6 Å². The number of methoxy groups -OCH3 is 1. The molecular formula is C21H27N3O4S. The number of carbonyl (C=O) groups is 1. The van der Waals surface area contributed by atoms with Crippen LogP contribution in [-0.4, -0.2) is 69.0 Å². The van der Waals surface area contributed by atoms with E-state index >= 15 is 0 Å². The number of fused-ring (bicyclic) bond motifs is 1. The Morgan fingerprint density at radius 2 is 1.97 bits per heavy atom. The first-order chi connectivity index (χ1) is 13.8. The summed E-state index contributed by atoms with van der Waals surface area (Å²) < 4.78 is 28.5. The van der Waals surface area contributed by atoms with E-state index in [0.717, 1.165) is 48.3 Å². The number of benzene rings is 1. The first kappa shape index (κ1) is 19.9. The van der Waals surface area contributed by atoms with Gasteiger partial charge in [-0.25, -0.2) is 8.42 Å². The lowest BCUT2D eigenvalue weighted by atomic mass is 10.0. The molecule has 0 bridgehead atoms. The predicted molar refractivity (Wildman–Crippen MR) is 113 cm³/mol. The summed E-state index contributed by atoms with van der Waals surface area (Å²) in [6.07, 6.45) is 5.18. The van der Waals surface area contributed by atoms with Gasteiger partial charge in [0, 0.05) is 55.6 Å². The van der Waals surface area contributed by atoms with Crippen molar-refractivity contribution in [2.45, 2.75) is 25.3 Å². The highest BCUT2D eigenvalue weighted by Crippen LogP contribution is 2.32. The Bertz CT molecular complexity index is 1020. The molecule has 0 N–H and O–H groups in total. The Morgan fingerprint density at radius 3 is 2.66 bits per heavy atom. The SMILES string of the molecule is COc1ccc2nccc(N3CCC(N4CC(CS(C)(=O)=O)CC4=O)CC3)c2c1. The molecule has 1 aromatic carbocycles. The molecule has 2 fully saturated rings. The number of amides is 1. The second-order valence-electron chi connectivity index (χ2n) is 8.14. The van der Waals surface area contributed by atoms with Gasteiger partial charge in [-0.05, 0) is 43.0 Å². The van der Waals surface area contributed by atoms with Crippen LogP contribution in [-0.2, 0) is 14.6 Å². The minimum atomic E-state index is -3.06. The maximum atomic E-state index is 12.5. The Labute approximate surface area is 171 Å². The summed E-state index contributed by atoms with van der Waals surface area (Å²) in [5.74, 6) is 0.920. The number of hydrogen-bond acceptors (Lipinski definition) is 6. The molecule has 0 radical (unpaired) electrons. The number of piperidine rings is 1. The molecule has 2 saturated heterocycles. The summed E-state index contributed by atoms with van der Waals surface area (Å²) in [5, 5.41) is 1.07. The summed E-state index contributed by atoms with van der Waals surface area (Å²) in [5.41, 5.74) is 2.07. The highest BCUT2D eigenvalue weighted by atomic mass is 32.2. The van der Waals surface area contributed by atoms with Gasteiger partial charge in [0.15, 0.2) is 0 Å². The normalized spacial score (nSPS) is 21.2. The Morgan fingerprint density at radius 1 is 1.21 bits per heavy atom. The fourth-order valence-corrected chi connectivity index (χ4v) is 5.71. The number of rotatable bonds is 5.